The lowest BCUT2D eigenvalue weighted by Crippen LogP contribution is -1.83. The maximum Gasteiger partial charge on any atom is 0.0175 e. The molecule has 0 unspecified atom stereocenters. The van der Waals surface area contributed by atoms with Crippen LogP contribution in [-0.4, -0.2) is 0 Å². The van der Waals surface area contributed by atoms with Gasteiger partial charge in [0.05, 0.1) is 0 Å². The summed E-state index contributed by atoms with van der Waals surface area (Å²) < 4.78 is 2.20. The van der Waals surface area contributed by atoms with E-state index < -0.39 is 0 Å². The fraction of sp³-hybridized carbons (Fsp3) is 0. The quantitative estimate of drug-likeness (QED) is 0.287. The first-order valence-electron chi connectivity index (χ1n) is 8.41. The van der Waals surface area contributed by atoms with Gasteiger partial charge in [-0.25, -0.2) is 0 Å². The van der Waals surface area contributed by atoms with Crippen molar-refractivity contribution >= 4 is 31.9 Å². The Balaban J connectivity index is 1.64. The molecule has 0 aliphatic rings. The third-order valence-corrected chi connectivity index (χ3v) is 5.49. The largest absolute Gasteiger partial charge is 0.0610 e. The van der Waals surface area contributed by atoms with Crippen LogP contribution in [0.2, 0.25) is 0 Å². The molecule has 0 N–H and O–H groups in total. The van der Waals surface area contributed by atoms with Crippen LogP contribution < -0.4 is 0 Å². The molecular weight excluding hydrogens is 448 g/mol. The van der Waals surface area contributed by atoms with Gasteiger partial charge in [0.25, 0.3) is 0 Å². The molecule has 0 bridgehead atoms. The van der Waals surface area contributed by atoms with Crippen LogP contribution in [0.4, 0.5) is 0 Å². The highest BCUT2D eigenvalue weighted by atomic mass is 79.9. The lowest BCUT2D eigenvalue weighted by atomic mass is 9.97. The molecule has 0 aliphatic carbocycles. The van der Waals surface area contributed by atoms with Gasteiger partial charge in [-0.1, -0.05) is 98.6 Å². The van der Waals surface area contributed by atoms with Crippen LogP contribution in [0.3, 0.4) is 0 Å². The van der Waals surface area contributed by atoms with Crippen molar-refractivity contribution in [2.45, 2.75) is 0 Å². The Kier molecular flexibility index (Phi) is 5.05. The van der Waals surface area contributed by atoms with Crippen molar-refractivity contribution in [2.75, 3.05) is 0 Å². The van der Waals surface area contributed by atoms with Gasteiger partial charge in [-0.05, 0) is 63.7 Å². The Bertz CT molecular complexity index is 1020. The van der Waals surface area contributed by atoms with Gasteiger partial charge in [0.2, 0.25) is 0 Å². The molecule has 0 atom stereocenters. The van der Waals surface area contributed by atoms with E-state index in [0.717, 1.165) is 8.95 Å². The summed E-state index contributed by atoms with van der Waals surface area (Å²) in [5.41, 5.74) is 7.36. The highest BCUT2D eigenvalue weighted by molar-refractivity contribution is 9.10. The first kappa shape index (κ1) is 17.3. The number of rotatable bonds is 3. The minimum atomic E-state index is 1.10. The maximum absolute atomic E-state index is 3.50. The summed E-state index contributed by atoms with van der Waals surface area (Å²) in [5.74, 6) is 0. The molecule has 0 fully saturated rings. The van der Waals surface area contributed by atoms with E-state index in [1.165, 1.54) is 33.4 Å². The van der Waals surface area contributed by atoms with Gasteiger partial charge in [0.1, 0.15) is 0 Å². The van der Waals surface area contributed by atoms with E-state index in [1.54, 1.807) is 0 Å². The van der Waals surface area contributed by atoms with Gasteiger partial charge < -0.3 is 0 Å². The molecule has 0 saturated heterocycles. The van der Waals surface area contributed by atoms with Gasteiger partial charge >= 0.3 is 0 Å². The third kappa shape index (κ3) is 3.82. The Hall–Kier alpha value is -2.16. The highest BCUT2D eigenvalue weighted by Gasteiger charge is 2.03. The Labute approximate surface area is 170 Å². The van der Waals surface area contributed by atoms with Crippen molar-refractivity contribution in [3.8, 4) is 33.4 Å². The molecule has 126 valence electrons. The van der Waals surface area contributed by atoms with E-state index in [-0.39, 0.29) is 0 Å². The normalized spacial score (nSPS) is 10.7. The van der Waals surface area contributed by atoms with Crippen molar-refractivity contribution < 1.29 is 0 Å². The predicted molar refractivity (Wildman–Crippen MR) is 118 cm³/mol. The van der Waals surface area contributed by atoms with Crippen LogP contribution in [0, 0.1) is 0 Å². The zero-order valence-electron chi connectivity index (χ0n) is 14.0. The minimum Gasteiger partial charge on any atom is -0.0610 e. The zero-order valence-corrected chi connectivity index (χ0v) is 17.2. The molecule has 0 spiro atoms. The molecule has 0 aliphatic heterocycles. The maximum atomic E-state index is 3.50. The molecule has 26 heavy (non-hydrogen) atoms. The fourth-order valence-corrected chi connectivity index (χ4v) is 3.55. The molecule has 0 aromatic heterocycles. The van der Waals surface area contributed by atoms with Crippen LogP contribution in [-0.2, 0) is 0 Å². The summed E-state index contributed by atoms with van der Waals surface area (Å²) >= 11 is 6.98. The van der Waals surface area contributed by atoms with Gasteiger partial charge in [-0.15, -0.1) is 0 Å². The molecule has 2 heteroatoms. The summed E-state index contributed by atoms with van der Waals surface area (Å²) in [6, 6.07) is 34.3. The van der Waals surface area contributed by atoms with Crippen LogP contribution in [0.15, 0.2) is 106 Å². The van der Waals surface area contributed by atoms with E-state index >= 15 is 0 Å². The van der Waals surface area contributed by atoms with Crippen LogP contribution in [0.1, 0.15) is 0 Å². The summed E-state index contributed by atoms with van der Waals surface area (Å²) in [4.78, 5) is 0. The zero-order chi connectivity index (χ0) is 17.9. The fourth-order valence-electron chi connectivity index (χ4n) is 3.02. The Morgan fingerprint density at radius 3 is 1.04 bits per heavy atom. The van der Waals surface area contributed by atoms with E-state index in [4.69, 9.17) is 0 Å². The van der Waals surface area contributed by atoms with Crippen LogP contribution >= 0.6 is 31.9 Å². The van der Waals surface area contributed by atoms with E-state index in [9.17, 15) is 0 Å². The SMILES string of the molecule is Brc1ccc(-c2ccc(-c3cccc(-c4ccc(Br)cc4)c3)cc2)cc1. The molecular formula is C24H16Br2. The summed E-state index contributed by atoms with van der Waals surface area (Å²) in [7, 11) is 0. The van der Waals surface area contributed by atoms with E-state index in [1.807, 2.05) is 0 Å². The Morgan fingerprint density at radius 1 is 0.346 bits per heavy atom. The van der Waals surface area contributed by atoms with E-state index in [2.05, 4.69) is 129 Å². The Morgan fingerprint density at radius 2 is 0.654 bits per heavy atom. The standard InChI is InChI=1S/C24H16Br2/c25-23-12-8-18(9-13-23)17-4-6-19(7-5-17)21-2-1-3-22(16-21)20-10-14-24(26)15-11-20/h1-16H. The first-order chi connectivity index (χ1) is 12.7. The molecule has 0 radical (unpaired) electrons. The molecule has 4 rings (SSSR count). The molecule has 4 aromatic carbocycles. The van der Waals surface area contributed by atoms with E-state index in [0.29, 0.717) is 0 Å². The number of hydrogen-bond acceptors (Lipinski definition) is 0. The molecule has 0 heterocycles. The minimum absolute atomic E-state index is 1.10. The second-order valence-electron chi connectivity index (χ2n) is 6.17. The predicted octanol–water partition coefficient (Wildman–Crippen LogP) is 8.21. The monoisotopic (exact) mass is 462 g/mol. The summed E-state index contributed by atoms with van der Waals surface area (Å²) in [6.45, 7) is 0. The lowest BCUT2D eigenvalue weighted by Gasteiger charge is -2.08. The van der Waals surface area contributed by atoms with Crippen LogP contribution in [0.5, 0.6) is 0 Å². The smallest absolute Gasteiger partial charge is 0.0175 e. The number of hydrogen-bond donors (Lipinski definition) is 0. The van der Waals surface area contributed by atoms with Crippen molar-refractivity contribution in [3.05, 3.63) is 106 Å². The third-order valence-electron chi connectivity index (χ3n) is 4.44. The van der Waals surface area contributed by atoms with Gasteiger partial charge in [0.15, 0.2) is 0 Å². The van der Waals surface area contributed by atoms with Gasteiger partial charge in [-0.2, -0.15) is 0 Å². The highest BCUT2D eigenvalue weighted by Crippen LogP contribution is 2.29. The van der Waals surface area contributed by atoms with Crippen molar-refractivity contribution in [1.82, 2.24) is 0 Å². The second-order valence-corrected chi connectivity index (χ2v) is 8.00. The summed E-state index contributed by atoms with van der Waals surface area (Å²) in [6.07, 6.45) is 0. The lowest BCUT2D eigenvalue weighted by molar-refractivity contribution is 1.56. The van der Waals surface area contributed by atoms with Crippen LogP contribution in [0.25, 0.3) is 33.4 Å². The average Bonchev–Trinajstić information content (AvgIpc) is 2.69. The van der Waals surface area contributed by atoms with Crippen molar-refractivity contribution in [3.63, 3.8) is 0 Å². The van der Waals surface area contributed by atoms with Gasteiger partial charge in [0, 0.05) is 8.95 Å². The number of benzene rings is 4. The topological polar surface area (TPSA) is 0 Å². The average molecular weight is 464 g/mol. The van der Waals surface area contributed by atoms with Crippen molar-refractivity contribution in [2.24, 2.45) is 0 Å². The molecule has 0 amide bonds. The molecule has 4 aromatic rings. The van der Waals surface area contributed by atoms with Crippen molar-refractivity contribution in [1.29, 1.82) is 0 Å². The molecule has 0 saturated carbocycles. The second kappa shape index (κ2) is 7.61. The molecule has 0 nitrogen and oxygen atoms in total. The van der Waals surface area contributed by atoms with Gasteiger partial charge in [-0.3, -0.25) is 0 Å². The summed E-state index contributed by atoms with van der Waals surface area (Å²) in [5, 5.41) is 0. The first-order valence-corrected chi connectivity index (χ1v) is 10.00. The number of halogens is 2.